The van der Waals surface area contributed by atoms with Crippen molar-refractivity contribution in [3.05, 3.63) is 11.1 Å². The van der Waals surface area contributed by atoms with E-state index in [-0.39, 0.29) is 10.4 Å². The zero-order chi connectivity index (χ0) is 11.8. The molecule has 1 fully saturated rings. The van der Waals surface area contributed by atoms with Crippen molar-refractivity contribution in [1.82, 2.24) is 4.98 Å². The number of hydrogen-bond donors (Lipinski definition) is 1. The fourth-order valence-corrected chi connectivity index (χ4v) is 2.64. The van der Waals surface area contributed by atoms with Gasteiger partial charge in [-0.25, -0.2) is 9.78 Å². The van der Waals surface area contributed by atoms with Crippen molar-refractivity contribution in [3.8, 4) is 0 Å². The Balaban J connectivity index is 2.25. The smallest absolute Gasteiger partial charge is 0.347 e. The standard InChI is InChI=1S/C10H14N2O3S/c1-10(2)6-15-4-3-12(10)9-11-5-7(16-9)8(13)14/h5H,3-4,6H2,1-2H3,(H,13,14). The second-order valence-electron chi connectivity index (χ2n) is 4.33. The minimum absolute atomic E-state index is 0.133. The molecule has 0 atom stereocenters. The van der Waals surface area contributed by atoms with Gasteiger partial charge < -0.3 is 14.7 Å². The molecule has 6 heteroatoms. The molecule has 1 aromatic heterocycles. The summed E-state index contributed by atoms with van der Waals surface area (Å²) >= 11 is 1.21. The molecule has 1 N–H and O–H groups in total. The molecule has 1 saturated heterocycles. The molecule has 0 bridgehead atoms. The molecule has 0 amide bonds. The lowest BCUT2D eigenvalue weighted by Gasteiger charge is -2.41. The number of thiazole rings is 1. The first kappa shape index (κ1) is 11.3. The van der Waals surface area contributed by atoms with E-state index >= 15 is 0 Å². The van der Waals surface area contributed by atoms with Crippen LogP contribution in [0.5, 0.6) is 0 Å². The van der Waals surface area contributed by atoms with Gasteiger partial charge in [0.05, 0.1) is 24.9 Å². The molecule has 1 aromatic rings. The van der Waals surface area contributed by atoms with Crippen molar-refractivity contribution < 1.29 is 14.6 Å². The maximum absolute atomic E-state index is 10.8. The van der Waals surface area contributed by atoms with E-state index in [1.165, 1.54) is 17.5 Å². The number of carboxylic acid groups (broad SMARTS) is 1. The molecule has 0 saturated carbocycles. The van der Waals surface area contributed by atoms with Crippen molar-refractivity contribution in [3.63, 3.8) is 0 Å². The van der Waals surface area contributed by atoms with E-state index in [4.69, 9.17) is 9.84 Å². The van der Waals surface area contributed by atoms with Gasteiger partial charge in [0.25, 0.3) is 0 Å². The van der Waals surface area contributed by atoms with Gasteiger partial charge >= 0.3 is 5.97 Å². The lowest BCUT2D eigenvalue weighted by atomic mass is 10.0. The average Bonchev–Trinajstić information content (AvgIpc) is 2.65. The fourth-order valence-electron chi connectivity index (χ4n) is 1.70. The Morgan fingerprint density at radius 3 is 3.00 bits per heavy atom. The van der Waals surface area contributed by atoms with E-state index in [0.717, 1.165) is 11.7 Å². The number of carboxylic acids is 1. The third-order valence-corrected chi connectivity index (χ3v) is 3.59. The molecule has 1 aliphatic rings. The Labute approximate surface area is 97.7 Å². The maximum atomic E-state index is 10.8. The van der Waals surface area contributed by atoms with E-state index in [0.29, 0.717) is 13.2 Å². The van der Waals surface area contributed by atoms with Crippen LogP contribution in [-0.4, -0.2) is 41.4 Å². The van der Waals surface area contributed by atoms with E-state index < -0.39 is 5.97 Å². The Hall–Kier alpha value is -1.14. The summed E-state index contributed by atoms with van der Waals surface area (Å²) in [4.78, 5) is 17.3. The van der Waals surface area contributed by atoms with Gasteiger partial charge in [-0.3, -0.25) is 0 Å². The average molecular weight is 242 g/mol. The highest BCUT2D eigenvalue weighted by molar-refractivity contribution is 7.17. The van der Waals surface area contributed by atoms with Crippen LogP contribution in [0.4, 0.5) is 5.13 Å². The number of carbonyl (C=O) groups is 1. The summed E-state index contributed by atoms with van der Waals surface area (Å²) in [6, 6.07) is 0. The molecule has 1 aliphatic heterocycles. The molecule has 0 aromatic carbocycles. The fraction of sp³-hybridized carbons (Fsp3) is 0.600. The van der Waals surface area contributed by atoms with Crippen LogP contribution in [0.15, 0.2) is 6.20 Å². The van der Waals surface area contributed by atoms with E-state index in [1.807, 2.05) is 0 Å². The second kappa shape index (κ2) is 4.03. The van der Waals surface area contributed by atoms with Crippen molar-refractivity contribution >= 4 is 22.4 Å². The normalized spacial score (nSPS) is 19.8. The van der Waals surface area contributed by atoms with Crippen molar-refractivity contribution in [1.29, 1.82) is 0 Å². The van der Waals surface area contributed by atoms with Crippen LogP contribution < -0.4 is 4.90 Å². The summed E-state index contributed by atoms with van der Waals surface area (Å²) in [6.45, 7) is 6.17. The SMILES string of the molecule is CC1(C)COCCN1c1ncc(C(=O)O)s1. The predicted molar refractivity (Wildman–Crippen MR) is 61.3 cm³/mol. The summed E-state index contributed by atoms with van der Waals surface area (Å²) in [7, 11) is 0. The van der Waals surface area contributed by atoms with Crippen LogP contribution in [0.25, 0.3) is 0 Å². The van der Waals surface area contributed by atoms with E-state index in [9.17, 15) is 4.79 Å². The number of anilines is 1. The number of hydrogen-bond acceptors (Lipinski definition) is 5. The van der Waals surface area contributed by atoms with Crippen molar-refractivity contribution in [2.45, 2.75) is 19.4 Å². The van der Waals surface area contributed by atoms with Crippen molar-refractivity contribution in [2.75, 3.05) is 24.7 Å². The quantitative estimate of drug-likeness (QED) is 0.850. The van der Waals surface area contributed by atoms with E-state index in [1.54, 1.807) is 0 Å². The first-order valence-electron chi connectivity index (χ1n) is 5.05. The van der Waals surface area contributed by atoms with Gasteiger partial charge in [0.2, 0.25) is 0 Å². The topological polar surface area (TPSA) is 62.7 Å². The Bertz CT molecular complexity index is 403. The minimum atomic E-state index is -0.921. The molecule has 2 heterocycles. The number of aromatic nitrogens is 1. The largest absolute Gasteiger partial charge is 0.477 e. The lowest BCUT2D eigenvalue weighted by Crippen LogP contribution is -2.53. The van der Waals surface area contributed by atoms with Crippen LogP contribution in [0.2, 0.25) is 0 Å². The second-order valence-corrected chi connectivity index (χ2v) is 5.34. The molecule has 0 spiro atoms. The van der Waals surface area contributed by atoms with Gasteiger partial charge in [-0.05, 0) is 13.8 Å². The van der Waals surface area contributed by atoms with Crippen LogP contribution >= 0.6 is 11.3 Å². The molecular formula is C10H14N2O3S. The van der Waals surface area contributed by atoms with Gasteiger partial charge in [-0.1, -0.05) is 11.3 Å². The Morgan fingerprint density at radius 2 is 2.44 bits per heavy atom. The van der Waals surface area contributed by atoms with Crippen LogP contribution in [0.1, 0.15) is 23.5 Å². The highest BCUT2D eigenvalue weighted by atomic mass is 32.1. The van der Waals surface area contributed by atoms with Gasteiger partial charge in [0.15, 0.2) is 5.13 Å². The van der Waals surface area contributed by atoms with Gasteiger partial charge in [-0.2, -0.15) is 0 Å². The molecule has 2 rings (SSSR count). The number of nitrogens with zero attached hydrogens (tertiary/aromatic N) is 2. The zero-order valence-electron chi connectivity index (χ0n) is 9.27. The first-order valence-corrected chi connectivity index (χ1v) is 5.87. The predicted octanol–water partition coefficient (Wildman–Crippen LogP) is 1.46. The minimum Gasteiger partial charge on any atom is -0.477 e. The summed E-state index contributed by atoms with van der Waals surface area (Å²) < 4.78 is 5.41. The van der Waals surface area contributed by atoms with Gasteiger partial charge in [0.1, 0.15) is 4.88 Å². The van der Waals surface area contributed by atoms with Crippen LogP contribution in [0, 0.1) is 0 Å². The monoisotopic (exact) mass is 242 g/mol. The third kappa shape index (κ3) is 2.03. The number of ether oxygens (including phenoxy) is 1. The molecule has 0 radical (unpaired) electrons. The Kier molecular flexibility index (Phi) is 2.86. The van der Waals surface area contributed by atoms with Crippen LogP contribution in [-0.2, 0) is 4.74 Å². The third-order valence-electron chi connectivity index (χ3n) is 2.58. The number of aromatic carboxylic acids is 1. The molecular weight excluding hydrogens is 228 g/mol. The van der Waals surface area contributed by atoms with Gasteiger partial charge in [-0.15, -0.1) is 0 Å². The molecule has 88 valence electrons. The lowest BCUT2D eigenvalue weighted by molar-refractivity contribution is 0.0644. The highest BCUT2D eigenvalue weighted by Crippen LogP contribution is 2.30. The van der Waals surface area contributed by atoms with Gasteiger partial charge in [0, 0.05) is 6.54 Å². The maximum Gasteiger partial charge on any atom is 0.347 e. The Morgan fingerprint density at radius 1 is 1.69 bits per heavy atom. The number of morpholine rings is 1. The van der Waals surface area contributed by atoms with Crippen molar-refractivity contribution in [2.24, 2.45) is 0 Å². The summed E-state index contributed by atoms with van der Waals surface area (Å²) in [6.07, 6.45) is 1.41. The summed E-state index contributed by atoms with van der Waals surface area (Å²) in [5.41, 5.74) is -0.133. The number of rotatable bonds is 2. The molecule has 16 heavy (non-hydrogen) atoms. The summed E-state index contributed by atoms with van der Waals surface area (Å²) in [5.74, 6) is -0.921. The molecule has 0 aliphatic carbocycles. The van der Waals surface area contributed by atoms with E-state index in [2.05, 4.69) is 23.7 Å². The zero-order valence-corrected chi connectivity index (χ0v) is 10.1. The summed E-state index contributed by atoms with van der Waals surface area (Å²) in [5, 5.41) is 9.61. The molecule has 5 nitrogen and oxygen atoms in total. The highest BCUT2D eigenvalue weighted by Gasteiger charge is 2.32. The van der Waals surface area contributed by atoms with Crippen LogP contribution in [0.3, 0.4) is 0 Å². The first-order chi connectivity index (χ1) is 7.50. The molecule has 0 unspecified atom stereocenters.